The zero-order valence-electron chi connectivity index (χ0n) is 9.21. The molecule has 0 saturated heterocycles. The van der Waals surface area contributed by atoms with E-state index < -0.39 is 5.41 Å². The van der Waals surface area contributed by atoms with E-state index in [-0.39, 0.29) is 17.7 Å². The van der Waals surface area contributed by atoms with Crippen LogP contribution < -0.4 is 0 Å². The Labute approximate surface area is 89.5 Å². The molecule has 0 amide bonds. The van der Waals surface area contributed by atoms with E-state index >= 15 is 0 Å². The van der Waals surface area contributed by atoms with E-state index in [1.54, 1.807) is 6.92 Å². The molecule has 2 aliphatic carbocycles. The largest absolute Gasteiger partial charge is 0.465 e. The summed E-state index contributed by atoms with van der Waals surface area (Å²) in [5, 5.41) is 0. The van der Waals surface area contributed by atoms with Crippen LogP contribution in [0.3, 0.4) is 0 Å². The Morgan fingerprint density at radius 2 is 2.40 bits per heavy atom. The van der Waals surface area contributed by atoms with Crippen molar-refractivity contribution >= 4 is 11.8 Å². The molecule has 2 atom stereocenters. The van der Waals surface area contributed by atoms with Crippen LogP contribution in [-0.2, 0) is 14.3 Å². The molecule has 0 aromatic carbocycles. The number of ether oxygens (including phenoxy) is 1. The summed E-state index contributed by atoms with van der Waals surface area (Å²) in [6.07, 6.45) is 4.02. The highest BCUT2D eigenvalue weighted by molar-refractivity contribution is 6.08. The molecule has 82 valence electrons. The summed E-state index contributed by atoms with van der Waals surface area (Å²) in [4.78, 5) is 23.9. The maximum absolute atomic E-state index is 12.1. The highest BCUT2D eigenvalue weighted by atomic mass is 16.5. The van der Waals surface area contributed by atoms with Crippen LogP contribution in [0.15, 0.2) is 11.6 Å². The molecule has 2 bridgehead atoms. The molecule has 1 saturated carbocycles. The number of Topliss-reactive ketones (excluding diaryl/α,β-unsaturated/α-hetero) is 1. The first-order valence-corrected chi connectivity index (χ1v) is 5.50. The van der Waals surface area contributed by atoms with E-state index in [4.69, 9.17) is 4.74 Å². The van der Waals surface area contributed by atoms with Gasteiger partial charge in [0.25, 0.3) is 0 Å². The molecule has 0 spiro atoms. The molecule has 0 radical (unpaired) electrons. The second-order valence-corrected chi connectivity index (χ2v) is 4.41. The van der Waals surface area contributed by atoms with Gasteiger partial charge in [0.2, 0.25) is 0 Å². The molecular formula is C12H16O3. The fraction of sp³-hybridized carbons (Fsp3) is 0.667. The highest BCUT2D eigenvalue weighted by Crippen LogP contribution is 2.48. The maximum Gasteiger partial charge on any atom is 0.319 e. The number of rotatable bonds is 2. The average molecular weight is 208 g/mol. The van der Waals surface area contributed by atoms with E-state index in [1.165, 1.54) is 0 Å². The number of carbonyl (C=O) groups excluding carboxylic acids is 2. The lowest BCUT2D eigenvalue weighted by Crippen LogP contribution is -2.40. The number of ketones is 1. The Hall–Kier alpha value is -1.12. The van der Waals surface area contributed by atoms with Crippen molar-refractivity contribution in [2.45, 2.75) is 33.1 Å². The fourth-order valence-corrected chi connectivity index (χ4v) is 2.65. The van der Waals surface area contributed by atoms with Crippen molar-refractivity contribution in [3.05, 3.63) is 11.6 Å². The molecule has 2 rings (SSSR count). The van der Waals surface area contributed by atoms with E-state index in [2.05, 4.69) is 0 Å². The fourth-order valence-electron chi connectivity index (χ4n) is 2.65. The monoisotopic (exact) mass is 208 g/mol. The summed E-state index contributed by atoms with van der Waals surface area (Å²) in [7, 11) is 0. The van der Waals surface area contributed by atoms with Crippen molar-refractivity contribution in [3.8, 4) is 0 Å². The van der Waals surface area contributed by atoms with Crippen molar-refractivity contribution in [1.29, 1.82) is 0 Å². The van der Waals surface area contributed by atoms with Crippen LogP contribution in [0, 0.1) is 11.3 Å². The topological polar surface area (TPSA) is 43.4 Å². The molecule has 1 fully saturated rings. The third-order valence-electron chi connectivity index (χ3n) is 3.64. The number of carbonyl (C=O) groups is 2. The third-order valence-corrected chi connectivity index (χ3v) is 3.64. The summed E-state index contributed by atoms with van der Waals surface area (Å²) >= 11 is 0. The van der Waals surface area contributed by atoms with E-state index in [1.807, 2.05) is 13.0 Å². The Morgan fingerprint density at radius 1 is 1.67 bits per heavy atom. The second kappa shape index (κ2) is 3.47. The molecule has 15 heavy (non-hydrogen) atoms. The Bertz CT molecular complexity index is 343. The minimum absolute atomic E-state index is 0.0249. The van der Waals surface area contributed by atoms with Gasteiger partial charge in [-0.3, -0.25) is 9.59 Å². The minimum atomic E-state index is -0.833. The van der Waals surface area contributed by atoms with Gasteiger partial charge in [0.15, 0.2) is 5.78 Å². The van der Waals surface area contributed by atoms with Crippen molar-refractivity contribution in [3.63, 3.8) is 0 Å². The molecule has 0 unspecified atom stereocenters. The summed E-state index contributed by atoms with van der Waals surface area (Å²) in [5.74, 6) is -0.259. The van der Waals surface area contributed by atoms with Gasteiger partial charge < -0.3 is 4.74 Å². The Balaban J connectivity index is 2.30. The standard InChI is InChI=1S/C12H16O3/c1-3-15-11(14)12-6-4-8(2)9(5-7-12)10(12)13/h4,9H,3,5-7H2,1-2H3/t9-,12+/m1/s1. The lowest BCUT2D eigenvalue weighted by molar-refractivity contribution is -0.159. The van der Waals surface area contributed by atoms with Gasteiger partial charge in [0.05, 0.1) is 6.61 Å². The van der Waals surface area contributed by atoms with Crippen molar-refractivity contribution in [1.82, 2.24) is 0 Å². The predicted octanol–water partition coefficient (Wildman–Crippen LogP) is 1.86. The van der Waals surface area contributed by atoms with Gasteiger partial charge in [0.1, 0.15) is 5.41 Å². The van der Waals surface area contributed by atoms with Gasteiger partial charge >= 0.3 is 5.97 Å². The summed E-state index contributed by atoms with van der Waals surface area (Å²) in [6.45, 7) is 4.10. The summed E-state index contributed by atoms with van der Waals surface area (Å²) in [5.41, 5.74) is 0.289. The highest BCUT2D eigenvalue weighted by Gasteiger charge is 2.55. The number of fused-ring (bicyclic) bond motifs is 2. The molecule has 0 aliphatic heterocycles. The first kappa shape index (κ1) is 10.4. The third kappa shape index (κ3) is 1.33. The Kier molecular flexibility index (Phi) is 2.41. The SMILES string of the molecule is CCOC(=O)[C@@]12CC=C(C)[C@@H](CC1)C2=O. The molecular weight excluding hydrogens is 192 g/mol. The number of esters is 1. The first-order valence-electron chi connectivity index (χ1n) is 5.50. The average Bonchev–Trinajstić information content (AvgIpc) is 2.42. The van der Waals surface area contributed by atoms with Crippen LogP contribution in [0.1, 0.15) is 33.1 Å². The van der Waals surface area contributed by atoms with Crippen LogP contribution in [0.2, 0.25) is 0 Å². The summed E-state index contributed by atoms with van der Waals surface area (Å²) < 4.78 is 5.02. The maximum atomic E-state index is 12.1. The van der Waals surface area contributed by atoms with Crippen LogP contribution in [0.25, 0.3) is 0 Å². The van der Waals surface area contributed by atoms with Crippen LogP contribution in [0.5, 0.6) is 0 Å². The summed E-state index contributed by atoms with van der Waals surface area (Å²) in [6, 6.07) is 0. The van der Waals surface area contributed by atoms with Crippen LogP contribution >= 0.6 is 0 Å². The Morgan fingerprint density at radius 3 is 3.07 bits per heavy atom. The molecule has 3 nitrogen and oxygen atoms in total. The lowest BCUT2D eigenvalue weighted by Gasteiger charge is -2.27. The minimum Gasteiger partial charge on any atom is -0.465 e. The molecule has 3 heteroatoms. The van der Waals surface area contributed by atoms with Crippen LogP contribution in [-0.4, -0.2) is 18.4 Å². The van der Waals surface area contributed by atoms with Crippen LogP contribution in [0.4, 0.5) is 0 Å². The number of allylic oxidation sites excluding steroid dienone is 2. The van der Waals surface area contributed by atoms with Crippen molar-refractivity contribution in [2.24, 2.45) is 11.3 Å². The van der Waals surface area contributed by atoms with Gasteiger partial charge in [-0.1, -0.05) is 11.6 Å². The smallest absolute Gasteiger partial charge is 0.319 e. The second-order valence-electron chi connectivity index (χ2n) is 4.41. The van der Waals surface area contributed by atoms with E-state index in [0.29, 0.717) is 19.4 Å². The van der Waals surface area contributed by atoms with Gasteiger partial charge in [-0.15, -0.1) is 0 Å². The number of hydrogen-bond acceptors (Lipinski definition) is 3. The van der Waals surface area contributed by atoms with Gasteiger partial charge in [-0.25, -0.2) is 0 Å². The zero-order chi connectivity index (χ0) is 11.1. The van der Waals surface area contributed by atoms with Gasteiger partial charge in [-0.2, -0.15) is 0 Å². The van der Waals surface area contributed by atoms with Crippen molar-refractivity contribution < 1.29 is 14.3 Å². The molecule has 0 aromatic rings. The van der Waals surface area contributed by atoms with E-state index in [0.717, 1.165) is 12.0 Å². The molecule has 0 N–H and O–H groups in total. The first-order chi connectivity index (χ1) is 7.12. The molecule has 0 aromatic heterocycles. The predicted molar refractivity (Wildman–Crippen MR) is 55.2 cm³/mol. The van der Waals surface area contributed by atoms with Gasteiger partial charge in [0, 0.05) is 5.92 Å². The lowest BCUT2D eigenvalue weighted by atomic mass is 9.75. The zero-order valence-corrected chi connectivity index (χ0v) is 9.21. The molecule has 0 heterocycles. The van der Waals surface area contributed by atoms with Gasteiger partial charge in [-0.05, 0) is 33.1 Å². The van der Waals surface area contributed by atoms with Crippen molar-refractivity contribution in [2.75, 3.05) is 6.61 Å². The normalized spacial score (nSPS) is 33.9. The number of hydrogen-bond donors (Lipinski definition) is 0. The quantitative estimate of drug-likeness (QED) is 0.395. The van der Waals surface area contributed by atoms with E-state index in [9.17, 15) is 9.59 Å². The molecule has 2 aliphatic rings.